The smallest absolute Gasteiger partial charge is 0.328 e. The summed E-state index contributed by atoms with van der Waals surface area (Å²) < 4.78 is 5.85. The van der Waals surface area contributed by atoms with Crippen molar-refractivity contribution in [3.05, 3.63) is 71.8 Å². The van der Waals surface area contributed by atoms with Gasteiger partial charge in [-0.15, -0.1) is 0 Å². The van der Waals surface area contributed by atoms with Crippen LogP contribution in [-0.4, -0.2) is 76.4 Å². The van der Waals surface area contributed by atoms with Crippen molar-refractivity contribution in [2.45, 2.75) is 44.4 Å². The molecule has 0 saturated carbocycles. The van der Waals surface area contributed by atoms with E-state index >= 15 is 0 Å². The van der Waals surface area contributed by atoms with E-state index in [1.807, 2.05) is 11.8 Å². The quantitative estimate of drug-likeness (QED) is 0.331. The Kier molecular flexibility index (Phi) is 11.7. The number of fused-ring (bicyclic) bond motifs is 1. The summed E-state index contributed by atoms with van der Waals surface area (Å²) in [4.78, 5) is 29.1. The van der Waals surface area contributed by atoms with Gasteiger partial charge in [0, 0.05) is 44.1 Å². The van der Waals surface area contributed by atoms with Crippen molar-refractivity contribution >= 4 is 34.6 Å². The molecule has 1 saturated heterocycles. The van der Waals surface area contributed by atoms with Gasteiger partial charge in [0.05, 0.1) is 12.3 Å². The van der Waals surface area contributed by atoms with Crippen LogP contribution in [0.15, 0.2) is 65.7 Å². The Morgan fingerprint density at radius 1 is 1.05 bits per heavy atom. The van der Waals surface area contributed by atoms with Crippen LogP contribution < -0.4 is 4.74 Å². The molecule has 4 rings (SSSR count). The number of amidine groups is 1. The van der Waals surface area contributed by atoms with E-state index in [0.717, 1.165) is 30.2 Å². The molecule has 2 aromatic carbocycles. The van der Waals surface area contributed by atoms with E-state index in [1.165, 1.54) is 55.2 Å². The van der Waals surface area contributed by atoms with Crippen molar-refractivity contribution in [3.63, 3.8) is 0 Å². The number of carboxylic acids is 2. The summed E-state index contributed by atoms with van der Waals surface area (Å²) in [5.74, 6) is -0.501. The van der Waals surface area contributed by atoms with Gasteiger partial charge < -0.3 is 24.7 Å². The number of unbranched alkanes of at least 4 members (excludes halogenated alkanes) is 1. The number of piperidine rings is 1. The number of aliphatic imine (C=N–C) groups is 1. The Morgan fingerprint density at radius 2 is 1.71 bits per heavy atom. The summed E-state index contributed by atoms with van der Waals surface area (Å²) in [6.45, 7) is 6.45. The van der Waals surface area contributed by atoms with Gasteiger partial charge >= 0.3 is 11.9 Å². The number of carboxylic acid groups (broad SMARTS) is 2. The van der Waals surface area contributed by atoms with E-state index in [9.17, 15) is 9.59 Å². The minimum atomic E-state index is -1.26. The SMILES string of the molecule is Cc1ccc(OCCCCN2CCC(N(C)C3=Nc4ccccc4CS3)CC2)cc1.O=C(O)C=CC(=O)O. The summed E-state index contributed by atoms with van der Waals surface area (Å²) in [6, 6.07) is 17.4. The summed E-state index contributed by atoms with van der Waals surface area (Å²) in [6.07, 6.45) is 5.87. The zero-order valence-corrected chi connectivity index (χ0v) is 22.9. The lowest BCUT2D eigenvalue weighted by atomic mass is 10.0. The maximum atomic E-state index is 9.55. The molecule has 0 unspecified atom stereocenters. The molecule has 0 bridgehead atoms. The van der Waals surface area contributed by atoms with Gasteiger partial charge in [0.15, 0.2) is 5.17 Å². The summed E-state index contributed by atoms with van der Waals surface area (Å²) in [7, 11) is 2.22. The van der Waals surface area contributed by atoms with Gasteiger partial charge in [-0.25, -0.2) is 14.6 Å². The first-order valence-corrected chi connectivity index (χ1v) is 13.9. The van der Waals surface area contributed by atoms with Gasteiger partial charge in [0.25, 0.3) is 0 Å². The van der Waals surface area contributed by atoms with Crippen molar-refractivity contribution in [1.82, 2.24) is 9.80 Å². The number of rotatable bonds is 9. The van der Waals surface area contributed by atoms with Gasteiger partial charge in [-0.2, -0.15) is 0 Å². The summed E-state index contributed by atoms with van der Waals surface area (Å²) >= 11 is 1.88. The van der Waals surface area contributed by atoms with Crippen LogP contribution in [0.3, 0.4) is 0 Å². The zero-order valence-electron chi connectivity index (χ0n) is 22.1. The number of likely N-dealkylation sites (tertiary alicyclic amines) is 1. The molecule has 38 heavy (non-hydrogen) atoms. The van der Waals surface area contributed by atoms with E-state index in [-0.39, 0.29) is 0 Å². The molecule has 0 radical (unpaired) electrons. The van der Waals surface area contributed by atoms with Gasteiger partial charge in [-0.05, 0) is 62.9 Å². The van der Waals surface area contributed by atoms with Crippen molar-refractivity contribution < 1.29 is 24.5 Å². The number of hydrogen-bond donors (Lipinski definition) is 2. The van der Waals surface area contributed by atoms with Crippen LogP contribution in [0.5, 0.6) is 5.75 Å². The molecule has 0 spiro atoms. The number of hydrogen-bond acceptors (Lipinski definition) is 7. The first-order chi connectivity index (χ1) is 18.3. The molecule has 1 fully saturated rings. The Hall–Kier alpha value is -3.30. The largest absolute Gasteiger partial charge is 0.494 e. The van der Waals surface area contributed by atoms with Crippen molar-refractivity contribution in [2.75, 3.05) is 33.3 Å². The van der Waals surface area contributed by atoms with Crippen molar-refractivity contribution in [2.24, 2.45) is 4.99 Å². The molecule has 2 heterocycles. The lowest BCUT2D eigenvalue weighted by Crippen LogP contribution is -2.45. The highest BCUT2D eigenvalue weighted by Crippen LogP contribution is 2.32. The van der Waals surface area contributed by atoms with Crippen molar-refractivity contribution in [1.29, 1.82) is 0 Å². The second-order valence-electron chi connectivity index (χ2n) is 9.37. The third kappa shape index (κ3) is 9.87. The van der Waals surface area contributed by atoms with Gasteiger partial charge in [-0.1, -0.05) is 47.7 Å². The van der Waals surface area contributed by atoms with Crippen LogP contribution in [0.2, 0.25) is 0 Å². The number of thioether (sulfide) groups is 1. The average molecular weight is 540 g/mol. The number of benzene rings is 2. The number of aliphatic carboxylic acids is 2. The molecular weight excluding hydrogens is 502 g/mol. The Labute approximate surface area is 229 Å². The fourth-order valence-electron chi connectivity index (χ4n) is 4.29. The van der Waals surface area contributed by atoms with Crippen LogP contribution in [0, 0.1) is 6.92 Å². The van der Waals surface area contributed by atoms with Crippen LogP contribution in [0.4, 0.5) is 5.69 Å². The predicted octanol–water partition coefficient (Wildman–Crippen LogP) is 5.20. The third-order valence-corrected chi connectivity index (χ3v) is 7.59. The topological polar surface area (TPSA) is 103 Å². The molecule has 2 aromatic rings. The zero-order chi connectivity index (χ0) is 27.3. The van der Waals surface area contributed by atoms with Crippen LogP contribution in [-0.2, 0) is 15.3 Å². The lowest BCUT2D eigenvalue weighted by molar-refractivity contribution is -0.134. The normalized spacial score (nSPS) is 15.7. The van der Waals surface area contributed by atoms with Crippen molar-refractivity contribution in [3.8, 4) is 5.75 Å². The van der Waals surface area contributed by atoms with Crippen LogP contribution in [0.1, 0.15) is 36.8 Å². The predicted molar refractivity (Wildman–Crippen MR) is 152 cm³/mol. The molecule has 2 aliphatic heterocycles. The molecule has 2 aliphatic rings. The Morgan fingerprint density at radius 3 is 2.37 bits per heavy atom. The van der Waals surface area contributed by atoms with Gasteiger partial charge in [-0.3, -0.25) is 0 Å². The van der Waals surface area contributed by atoms with E-state index < -0.39 is 11.9 Å². The lowest BCUT2D eigenvalue weighted by Gasteiger charge is -2.38. The highest BCUT2D eigenvalue weighted by molar-refractivity contribution is 8.13. The molecule has 2 N–H and O–H groups in total. The fraction of sp³-hybridized carbons (Fsp3) is 0.414. The first kappa shape index (κ1) is 29.3. The summed E-state index contributed by atoms with van der Waals surface area (Å²) in [5.41, 5.74) is 3.76. The standard InChI is InChI=1S/C25H33N3OS.C4H4O4/c1-20-9-11-23(12-10-20)29-18-6-5-15-28-16-13-22(14-17-28)27(2)25-26-24-8-4-3-7-21(24)19-30-25;5-3(6)1-2-4(7)8/h3-4,7-12,22H,5-6,13-19H2,1-2H3;1-2H,(H,5,6)(H,7,8). The Bertz CT molecular complexity index is 1100. The van der Waals surface area contributed by atoms with E-state index in [0.29, 0.717) is 18.2 Å². The number of para-hydroxylation sites is 1. The molecule has 204 valence electrons. The average Bonchev–Trinajstić information content (AvgIpc) is 2.93. The monoisotopic (exact) mass is 539 g/mol. The van der Waals surface area contributed by atoms with E-state index in [4.69, 9.17) is 19.9 Å². The molecule has 8 nitrogen and oxygen atoms in total. The highest BCUT2D eigenvalue weighted by atomic mass is 32.2. The fourth-order valence-corrected chi connectivity index (χ4v) is 5.34. The van der Waals surface area contributed by atoms with Crippen LogP contribution >= 0.6 is 11.8 Å². The van der Waals surface area contributed by atoms with Gasteiger partial charge in [0.1, 0.15) is 5.75 Å². The second-order valence-corrected chi connectivity index (χ2v) is 10.3. The number of nitrogens with zero attached hydrogens (tertiary/aromatic N) is 3. The molecule has 9 heteroatoms. The summed E-state index contributed by atoms with van der Waals surface area (Å²) in [5, 5.41) is 16.8. The number of carbonyl (C=O) groups is 2. The third-order valence-electron chi connectivity index (χ3n) is 6.50. The number of aryl methyl sites for hydroxylation is 1. The Balaban J connectivity index is 0.000000436. The number of ether oxygens (including phenoxy) is 1. The second kappa shape index (κ2) is 15.2. The minimum absolute atomic E-state index is 0.558. The van der Waals surface area contributed by atoms with E-state index in [1.54, 1.807) is 0 Å². The van der Waals surface area contributed by atoms with Crippen LogP contribution in [0.25, 0.3) is 0 Å². The van der Waals surface area contributed by atoms with E-state index in [2.05, 4.69) is 72.3 Å². The maximum absolute atomic E-state index is 9.55. The van der Waals surface area contributed by atoms with Gasteiger partial charge in [0.2, 0.25) is 0 Å². The maximum Gasteiger partial charge on any atom is 0.328 e. The molecule has 0 atom stereocenters. The highest BCUT2D eigenvalue weighted by Gasteiger charge is 2.26. The molecular formula is C29H37N3O5S. The molecule has 0 aromatic heterocycles. The minimum Gasteiger partial charge on any atom is -0.494 e. The first-order valence-electron chi connectivity index (χ1n) is 12.9. The molecule has 0 amide bonds. The molecule has 0 aliphatic carbocycles.